The number of nitrogens with one attached hydrogen (secondary N) is 2. The Labute approximate surface area is 104 Å². The van der Waals surface area contributed by atoms with E-state index in [4.69, 9.17) is 4.74 Å². The number of ether oxygens (including phenoxy) is 1. The molecule has 3 nitrogen and oxygen atoms in total. The fraction of sp³-hybridized carbons (Fsp3) is 0.571. The van der Waals surface area contributed by atoms with Gasteiger partial charge in [-0.3, -0.25) is 0 Å². The van der Waals surface area contributed by atoms with E-state index < -0.39 is 0 Å². The Morgan fingerprint density at radius 3 is 3.06 bits per heavy atom. The predicted molar refractivity (Wildman–Crippen MR) is 71.9 cm³/mol. The van der Waals surface area contributed by atoms with Crippen LogP contribution in [0.5, 0.6) is 5.75 Å². The van der Waals surface area contributed by atoms with E-state index in [1.807, 2.05) is 0 Å². The molecule has 1 saturated heterocycles. The average Bonchev–Trinajstić information content (AvgIpc) is 2.82. The highest BCUT2D eigenvalue weighted by Crippen LogP contribution is 2.27. The average molecular weight is 234 g/mol. The van der Waals surface area contributed by atoms with Gasteiger partial charge in [-0.15, -0.1) is 0 Å². The molecule has 1 unspecified atom stereocenters. The summed E-state index contributed by atoms with van der Waals surface area (Å²) in [6.45, 7) is 7.15. The van der Waals surface area contributed by atoms with Gasteiger partial charge in [0.1, 0.15) is 5.75 Å². The highest BCUT2D eigenvalue weighted by atomic mass is 16.5. The van der Waals surface area contributed by atoms with E-state index in [0.29, 0.717) is 6.04 Å². The zero-order valence-corrected chi connectivity index (χ0v) is 10.8. The number of aryl methyl sites for hydroxylation is 1. The molecule has 2 rings (SSSR count). The summed E-state index contributed by atoms with van der Waals surface area (Å²) in [6.07, 6.45) is 2.22. The number of hydrogen-bond acceptors (Lipinski definition) is 3. The van der Waals surface area contributed by atoms with Crippen LogP contribution in [0.2, 0.25) is 0 Å². The fourth-order valence-corrected chi connectivity index (χ4v) is 2.08. The first kappa shape index (κ1) is 12.2. The largest absolute Gasteiger partial charge is 0.491 e. The van der Waals surface area contributed by atoms with Gasteiger partial charge in [-0.05, 0) is 44.0 Å². The van der Waals surface area contributed by atoms with Gasteiger partial charge < -0.3 is 15.4 Å². The van der Waals surface area contributed by atoms with Crippen LogP contribution >= 0.6 is 0 Å². The van der Waals surface area contributed by atoms with Crippen LogP contribution in [0.1, 0.15) is 25.3 Å². The van der Waals surface area contributed by atoms with Crippen LogP contribution in [-0.2, 0) is 0 Å². The van der Waals surface area contributed by atoms with Gasteiger partial charge in [0.15, 0.2) is 0 Å². The molecule has 1 aliphatic rings. The normalized spacial score (nSPS) is 19.3. The lowest BCUT2D eigenvalue weighted by atomic mass is 10.2. The summed E-state index contributed by atoms with van der Waals surface area (Å²) in [7, 11) is 0. The van der Waals surface area contributed by atoms with Gasteiger partial charge >= 0.3 is 0 Å². The number of anilines is 1. The number of rotatable bonds is 5. The summed E-state index contributed by atoms with van der Waals surface area (Å²) in [6, 6.07) is 6.89. The molecule has 0 aliphatic carbocycles. The highest BCUT2D eigenvalue weighted by Gasteiger charge is 2.15. The van der Waals surface area contributed by atoms with Crippen molar-refractivity contribution < 1.29 is 4.74 Å². The maximum Gasteiger partial charge on any atom is 0.142 e. The van der Waals surface area contributed by atoms with Crippen molar-refractivity contribution in [2.75, 3.05) is 25.0 Å². The van der Waals surface area contributed by atoms with Gasteiger partial charge in [0.25, 0.3) is 0 Å². The third-order valence-corrected chi connectivity index (χ3v) is 3.02. The second-order valence-corrected chi connectivity index (χ2v) is 4.68. The zero-order valence-electron chi connectivity index (χ0n) is 10.8. The Bertz CT molecular complexity index is 359. The van der Waals surface area contributed by atoms with Crippen molar-refractivity contribution >= 4 is 5.69 Å². The molecule has 1 aromatic carbocycles. The summed E-state index contributed by atoms with van der Waals surface area (Å²) < 4.78 is 5.79. The lowest BCUT2D eigenvalue weighted by Gasteiger charge is -2.17. The van der Waals surface area contributed by atoms with Crippen LogP contribution < -0.4 is 15.4 Å². The monoisotopic (exact) mass is 234 g/mol. The van der Waals surface area contributed by atoms with Crippen molar-refractivity contribution in [3.05, 3.63) is 23.8 Å². The van der Waals surface area contributed by atoms with Gasteiger partial charge in [-0.25, -0.2) is 0 Å². The summed E-state index contributed by atoms with van der Waals surface area (Å²) in [5, 5.41) is 6.92. The van der Waals surface area contributed by atoms with Gasteiger partial charge in [0, 0.05) is 12.6 Å². The summed E-state index contributed by atoms with van der Waals surface area (Å²) >= 11 is 0. The van der Waals surface area contributed by atoms with E-state index in [-0.39, 0.29) is 0 Å². The molecular weight excluding hydrogens is 212 g/mol. The summed E-state index contributed by atoms with van der Waals surface area (Å²) in [5.41, 5.74) is 2.36. The van der Waals surface area contributed by atoms with Crippen LogP contribution in [0.25, 0.3) is 0 Å². The Morgan fingerprint density at radius 1 is 1.47 bits per heavy atom. The lowest BCUT2D eigenvalue weighted by Crippen LogP contribution is -2.22. The molecule has 2 N–H and O–H groups in total. The molecule has 3 heteroatoms. The molecule has 0 amide bonds. The van der Waals surface area contributed by atoms with Crippen LogP contribution in [0, 0.1) is 6.92 Å². The second-order valence-electron chi connectivity index (χ2n) is 4.68. The van der Waals surface area contributed by atoms with Crippen molar-refractivity contribution in [1.82, 2.24) is 5.32 Å². The molecule has 1 heterocycles. The molecular formula is C14H22N2O. The standard InChI is InChI=1S/C14H22N2O/c1-3-8-17-14-9-11(2)4-5-13(14)16-12-6-7-15-10-12/h4-5,9,12,15-16H,3,6-8,10H2,1-2H3. The maximum absolute atomic E-state index is 5.79. The minimum Gasteiger partial charge on any atom is -0.491 e. The van der Waals surface area contributed by atoms with Crippen molar-refractivity contribution in [2.24, 2.45) is 0 Å². The first-order valence-electron chi connectivity index (χ1n) is 6.50. The lowest BCUT2D eigenvalue weighted by molar-refractivity contribution is 0.318. The minimum absolute atomic E-state index is 0.529. The van der Waals surface area contributed by atoms with Gasteiger partial charge in [0.05, 0.1) is 12.3 Å². The van der Waals surface area contributed by atoms with Crippen molar-refractivity contribution in [3.8, 4) is 5.75 Å². The van der Waals surface area contributed by atoms with Crippen LogP contribution in [-0.4, -0.2) is 25.7 Å². The van der Waals surface area contributed by atoms with E-state index in [0.717, 1.165) is 37.6 Å². The van der Waals surface area contributed by atoms with Crippen LogP contribution in [0.4, 0.5) is 5.69 Å². The fourth-order valence-electron chi connectivity index (χ4n) is 2.08. The van der Waals surface area contributed by atoms with E-state index in [2.05, 4.69) is 42.7 Å². The third kappa shape index (κ3) is 3.37. The molecule has 0 spiro atoms. The first-order valence-corrected chi connectivity index (χ1v) is 6.50. The zero-order chi connectivity index (χ0) is 12.1. The minimum atomic E-state index is 0.529. The molecule has 17 heavy (non-hydrogen) atoms. The Balaban J connectivity index is 2.07. The SMILES string of the molecule is CCCOc1cc(C)ccc1NC1CCNC1. The quantitative estimate of drug-likeness (QED) is 0.821. The Hall–Kier alpha value is -1.22. The number of benzene rings is 1. The predicted octanol–water partition coefficient (Wildman–Crippen LogP) is 2.56. The molecule has 94 valence electrons. The Kier molecular flexibility index (Phi) is 4.26. The van der Waals surface area contributed by atoms with Gasteiger partial charge in [0.2, 0.25) is 0 Å². The molecule has 1 fully saturated rings. The molecule has 1 aliphatic heterocycles. The molecule has 0 bridgehead atoms. The molecule has 1 atom stereocenters. The number of hydrogen-bond donors (Lipinski definition) is 2. The maximum atomic E-state index is 5.79. The van der Waals surface area contributed by atoms with Gasteiger partial charge in [-0.2, -0.15) is 0 Å². The van der Waals surface area contributed by atoms with Crippen molar-refractivity contribution in [1.29, 1.82) is 0 Å². The molecule has 1 aromatic rings. The van der Waals surface area contributed by atoms with Crippen molar-refractivity contribution in [3.63, 3.8) is 0 Å². The van der Waals surface area contributed by atoms with Crippen LogP contribution in [0.15, 0.2) is 18.2 Å². The van der Waals surface area contributed by atoms with Crippen LogP contribution in [0.3, 0.4) is 0 Å². The Morgan fingerprint density at radius 2 is 2.35 bits per heavy atom. The topological polar surface area (TPSA) is 33.3 Å². The first-order chi connectivity index (χ1) is 8.29. The van der Waals surface area contributed by atoms with Gasteiger partial charge in [-0.1, -0.05) is 13.0 Å². The summed E-state index contributed by atoms with van der Waals surface area (Å²) in [5.74, 6) is 0.985. The van der Waals surface area contributed by atoms with E-state index in [1.165, 1.54) is 12.0 Å². The summed E-state index contributed by atoms with van der Waals surface area (Å²) in [4.78, 5) is 0. The van der Waals surface area contributed by atoms with E-state index in [9.17, 15) is 0 Å². The smallest absolute Gasteiger partial charge is 0.142 e. The molecule has 0 saturated carbocycles. The van der Waals surface area contributed by atoms with E-state index >= 15 is 0 Å². The second kappa shape index (κ2) is 5.92. The van der Waals surface area contributed by atoms with Crippen molar-refractivity contribution in [2.45, 2.75) is 32.7 Å². The molecule has 0 radical (unpaired) electrons. The third-order valence-electron chi connectivity index (χ3n) is 3.02. The van der Waals surface area contributed by atoms with E-state index in [1.54, 1.807) is 0 Å². The molecule has 0 aromatic heterocycles. The highest BCUT2D eigenvalue weighted by molar-refractivity contribution is 5.58.